The number of allylic oxidation sites excluding steroid dienone is 6. The number of hydrogen-bond acceptors (Lipinski definition) is 5. The topological polar surface area (TPSA) is 61.8 Å². The molecule has 0 N–H and O–H groups in total. The Morgan fingerprint density at radius 2 is 0.865 bits per heavy atom. The molecule has 0 aliphatic rings. The van der Waals surface area contributed by atoms with Crippen LogP contribution in [0.15, 0.2) is 36.5 Å². The van der Waals surface area contributed by atoms with Crippen LogP contribution in [-0.2, 0) is 23.8 Å². The van der Waals surface area contributed by atoms with Gasteiger partial charge in [0.25, 0.3) is 0 Å². The van der Waals surface area contributed by atoms with Crippen LogP contribution in [0.3, 0.4) is 0 Å². The first-order valence-corrected chi connectivity index (χ1v) is 22.5. The van der Waals surface area contributed by atoms with E-state index < -0.39 is 6.10 Å². The van der Waals surface area contributed by atoms with Crippen LogP contribution in [0.2, 0.25) is 0 Å². The van der Waals surface area contributed by atoms with Crippen molar-refractivity contribution in [1.29, 1.82) is 0 Å². The van der Waals surface area contributed by atoms with Crippen LogP contribution in [0.25, 0.3) is 0 Å². The van der Waals surface area contributed by atoms with Gasteiger partial charge in [-0.05, 0) is 51.4 Å². The lowest BCUT2D eigenvalue weighted by molar-refractivity contribution is -0.163. The molecule has 0 amide bonds. The predicted octanol–water partition coefficient (Wildman–Crippen LogP) is 14.7. The van der Waals surface area contributed by atoms with Gasteiger partial charge in [0.1, 0.15) is 6.61 Å². The van der Waals surface area contributed by atoms with Gasteiger partial charge >= 0.3 is 11.9 Å². The molecule has 304 valence electrons. The first-order valence-electron chi connectivity index (χ1n) is 22.5. The van der Waals surface area contributed by atoms with Gasteiger partial charge in [-0.3, -0.25) is 9.59 Å². The Kier molecular flexibility index (Phi) is 42.0. The van der Waals surface area contributed by atoms with Crippen molar-refractivity contribution in [3.63, 3.8) is 0 Å². The van der Waals surface area contributed by atoms with Crippen molar-refractivity contribution in [3.8, 4) is 0 Å². The van der Waals surface area contributed by atoms with Crippen molar-refractivity contribution in [1.82, 2.24) is 0 Å². The zero-order valence-corrected chi connectivity index (χ0v) is 34.8. The molecule has 0 bridgehead atoms. The van der Waals surface area contributed by atoms with Crippen molar-refractivity contribution in [3.05, 3.63) is 36.5 Å². The fourth-order valence-corrected chi connectivity index (χ4v) is 6.35. The maximum absolute atomic E-state index is 12.5. The number of hydrogen-bond donors (Lipinski definition) is 0. The Labute approximate surface area is 323 Å². The highest BCUT2D eigenvalue weighted by Gasteiger charge is 2.17. The Balaban J connectivity index is 4.06. The maximum Gasteiger partial charge on any atom is 0.306 e. The van der Waals surface area contributed by atoms with Gasteiger partial charge in [0.15, 0.2) is 6.10 Å². The van der Waals surface area contributed by atoms with Gasteiger partial charge in [0, 0.05) is 19.4 Å². The molecule has 52 heavy (non-hydrogen) atoms. The molecule has 5 heteroatoms. The number of rotatable bonds is 41. The molecular formula is C47H86O5. The summed E-state index contributed by atoms with van der Waals surface area (Å²) in [4.78, 5) is 25.0. The van der Waals surface area contributed by atoms with Gasteiger partial charge in [-0.1, -0.05) is 198 Å². The zero-order valence-electron chi connectivity index (χ0n) is 34.8. The molecule has 0 saturated heterocycles. The molecule has 1 unspecified atom stereocenters. The zero-order chi connectivity index (χ0) is 37.8. The average Bonchev–Trinajstić information content (AvgIpc) is 3.14. The van der Waals surface area contributed by atoms with Crippen molar-refractivity contribution >= 4 is 11.9 Å². The van der Waals surface area contributed by atoms with Gasteiger partial charge < -0.3 is 14.2 Å². The van der Waals surface area contributed by atoms with Gasteiger partial charge in [-0.25, -0.2) is 0 Å². The van der Waals surface area contributed by atoms with Gasteiger partial charge in [-0.15, -0.1) is 0 Å². The predicted molar refractivity (Wildman–Crippen MR) is 224 cm³/mol. The second-order valence-corrected chi connectivity index (χ2v) is 14.9. The fraction of sp³-hybridized carbons (Fsp3) is 0.830. The van der Waals surface area contributed by atoms with Crippen LogP contribution in [0.5, 0.6) is 0 Å². The monoisotopic (exact) mass is 731 g/mol. The van der Waals surface area contributed by atoms with Crippen molar-refractivity contribution in [2.24, 2.45) is 0 Å². The number of unbranched alkanes of at least 4 members (excludes halogenated alkanes) is 24. The molecule has 0 aromatic rings. The van der Waals surface area contributed by atoms with Gasteiger partial charge in [0.2, 0.25) is 0 Å². The Bertz CT molecular complexity index is 832. The first kappa shape index (κ1) is 50.1. The Hall–Kier alpha value is -1.88. The highest BCUT2D eigenvalue weighted by atomic mass is 16.6. The SMILES string of the molecule is CC/C=C\C/C=C\C/C=C\CCCCCCCC(=O)OCC(COCCCCCCCCCCCCCCCCCC)OC(=O)CCCCCCC. The molecule has 0 fully saturated rings. The van der Waals surface area contributed by atoms with E-state index in [4.69, 9.17) is 14.2 Å². The van der Waals surface area contributed by atoms with Crippen LogP contribution in [0.1, 0.15) is 226 Å². The smallest absolute Gasteiger partial charge is 0.306 e. The molecule has 0 radical (unpaired) electrons. The highest BCUT2D eigenvalue weighted by molar-refractivity contribution is 5.70. The normalized spacial score (nSPS) is 12.4. The largest absolute Gasteiger partial charge is 0.462 e. The summed E-state index contributed by atoms with van der Waals surface area (Å²) < 4.78 is 17.2. The summed E-state index contributed by atoms with van der Waals surface area (Å²) in [5.41, 5.74) is 0. The van der Waals surface area contributed by atoms with Gasteiger partial charge in [0.05, 0.1) is 6.61 Å². The third kappa shape index (κ3) is 40.9. The summed E-state index contributed by atoms with van der Waals surface area (Å²) in [6, 6.07) is 0. The van der Waals surface area contributed by atoms with E-state index in [1.807, 2.05) is 0 Å². The van der Waals surface area contributed by atoms with E-state index in [1.54, 1.807) is 0 Å². The van der Waals surface area contributed by atoms with E-state index in [0.717, 1.165) is 70.6 Å². The molecule has 0 aromatic carbocycles. The number of carbonyl (C=O) groups excluding carboxylic acids is 2. The van der Waals surface area contributed by atoms with Crippen LogP contribution in [0.4, 0.5) is 0 Å². The molecule has 0 saturated carbocycles. The number of carbonyl (C=O) groups is 2. The molecule has 5 nitrogen and oxygen atoms in total. The summed E-state index contributed by atoms with van der Waals surface area (Å²) in [5, 5.41) is 0. The van der Waals surface area contributed by atoms with Crippen molar-refractivity contribution < 1.29 is 23.8 Å². The third-order valence-electron chi connectivity index (χ3n) is 9.69. The Morgan fingerprint density at radius 1 is 0.442 bits per heavy atom. The summed E-state index contributed by atoms with van der Waals surface area (Å²) in [6.45, 7) is 7.65. The number of esters is 2. The van der Waals surface area contributed by atoms with Crippen LogP contribution in [0, 0.1) is 0 Å². The van der Waals surface area contributed by atoms with E-state index in [-0.39, 0.29) is 25.2 Å². The molecule has 0 heterocycles. The molecule has 0 aromatic heterocycles. The first-order chi connectivity index (χ1) is 25.6. The summed E-state index contributed by atoms with van der Waals surface area (Å²) in [7, 11) is 0. The van der Waals surface area contributed by atoms with Crippen LogP contribution >= 0.6 is 0 Å². The Morgan fingerprint density at radius 3 is 1.38 bits per heavy atom. The fourth-order valence-electron chi connectivity index (χ4n) is 6.35. The molecule has 0 rings (SSSR count). The van der Waals surface area contributed by atoms with E-state index in [0.29, 0.717) is 19.4 Å². The van der Waals surface area contributed by atoms with E-state index in [2.05, 4.69) is 57.2 Å². The lowest BCUT2D eigenvalue weighted by atomic mass is 10.0. The highest BCUT2D eigenvalue weighted by Crippen LogP contribution is 2.15. The van der Waals surface area contributed by atoms with E-state index >= 15 is 0 Å². The lowest BCUT2D eigenvalue weighted by Crippen LogP contribution is -2.30. The summed E-state index contributed by atoms with van der Waals surface area (Å²) >= 11 is 0. The van der Waals surface area contributed by atoms with E-state index in [1.165, 1.54) is 122 Å². The minimum atomic E-state index is -0.533. The summed E-state index contributed by atoms with van der Waals surface area (Å²) in [5.74, 6) is -0.422. The summed E-state index contributed by atoms with van der Waals surface area (Å²) in [6.07, 6.45) is 50.3. The minimum absolute atomic E-state index is 0.0797. The maximum atomic E-state index is 12.5. The average molecular weight is 731 g/mol. The quantitative estimate of drug-likeness (QED) is 0.0356. The van der Waals surface area contributed by atoms with Crippen LogP contribution < -0.4 is 0 Å². The lowest BCUT2D eigenvalue weighted by Gasteiger charge is -2.18. The van der Waals surface area contributed by atoms with Crippen molar-refractivity contribution in [2.75, 3.05) is 19.8 Å². The van der Waals surface area contributed by atoms with Gasteiger partial charge in [-0.2, -0.15) is 0 Å². The molecule has 0 aliphatic heterocycles. The number of ether oxygens (including phenoxy) is 3. The second kappa shape index (κ2) is 43.5. The van der Waals surface area contributed by atoms with Crippen LogP contribution in [-0.4, -0.2) is 37.9 Å². The standard InChI is InChI=1S/C47H86O5/c1-4-7-10-13-15-17-19-21-23-25-27-29-31-33-36-39-42-50-43-45(52-47(49)41-38-34-12-9-6-3)44-51-46(48)40-37-35-32-30-28-26-24-22-20-18-16-14-11-8-5-2/h8,11,16,18,22,24,45H,4-7,9-10,12-15,17,19-21,23,25-44H2,1-3H3/b11-8-,18-16-,24-22-. The second-order valence-electron chi connectivity index (χ2n) is 14.9. The van der Waals surface area contributed by atoms with Crippen molar-refractivity contribution in [2.45, 2.75) is 232 Å². The molecule has 1 atom stereocenters. The third-order valence-corrected chi connectivity index (χ3v) is 9.69. The molecule has 0 spiro atoms. The molecular weight excluding hydrogens is 645 g/mol. The molecule has 0 aliphatic carbocycles. The minimum Gasteiger partial charge on any atom is -0.462 e. The van der Waals surface area contributed by atoms with E-state index in [9.17, 15) is 9.59 Å².